The van der Waals surface area contributed by atoms with Crippen molar-refractivity contribution in [2.75, 3.05) is 20.3 Å². The molecule has 5 nitrogen and oxygen atoms in total. The monoisotopic (exact) mass is 388 g/mol. The number of rotatable bonds is 7. The van der Waals surface area contributed by atoms with Gasteiger partial charge in [0.05, 0.1) is 11.1 Å². The van der Waals surface area contributed by atoms with Crippen molar-refractivity contribution in [2.24, 2.45) is 0 Å². The zero-order chi connectivity index (χ0) is 16.5. The highest BCUT2D eigenvalue weighted by Gasteiger charge is 2.11. The van der Waals surface area contributed by atoms with E-state index < -0.39 is 0 Å². The molecule has 0 aromatic heterocycles. The van der Waals surface area contributed by atoms with Crippen LogP contribution in [0.2, 0.25) is 0 Å². The first-order valence-corrected chi connectivity index (χ1v) is 8.21. The number of nitrogens with one attached hydrogen (secondary N) is 2. The Morgan fingerprint density at radius 2 is 2.14 bits per heavy atom. The highest BCUT2D eigenvalue weighted by molar-refractivity contribution is 9.10. The number of carbonyl (C=O) groups excluding carboxylic acids is 1. The standard InChI is InChI=1S/C15H21BrN2O3S/c1-4-10(2)17-15(22)18-14(19)11-5-6-13(12(16)9-11)21-8-7-20-3/h5-6,9-10H,4,7-8H2,1-3H3,(H2,17,18,19,22). The number of carbonyl (C=O) groups is 1. The first-order chi connectivity index (χ1) is 10.5. The molecule has 22 heavy (non-hydrogen) atoms. The first kappa shape index (κ1) is 18.9. The second-order valence-corrected chi connectivity index (χ2v) is 5.99. The van der Waals surface area contributed by atoms with Crippen LogP contribution < -0.4 is 15.4 Å². The average Bonchev–Trinajstić information content (AvgIpc) is 2.48. The number of thiocarbonyl (C=S) groups is 1. The molecule has 0 fully saturated rings. The topological polar surface area (TPSA) is 59.6 Å². The zero-order valence-electron chi connectivity index (χ0n) is 12.9. The molecule has 0 aliphatic carbocycles. The van der Waals surface area contributed by atoms with Crippen molar-refractivity contribution in [1.82, 2.24) is 10.6 Å². The van der Waals surface area contributed by atoms with Crippen LogP contribution in [0.25, 0.3) is 0 Å². The summed E-state index contributed by atoms with van der Waals surface area (Å²) in [6.45, 7) is 5.00. The summed E-state index contributed by atoms with van der Waals surface area (Å²) in [7, 11) is 1.61. The molecule has 1 atom stereocenters. The molecule has 0 radical (unpaired) electrons. The van der Waals surface area contributed by atoms with E-state index >= 15 is 0 Å². The zero-order valence-corrected chi connectivity index (χ0v) is 15.3. The van der Waals surface area contributed by atoms with Crippen LogP contribution in [0, 0.1) is 0 Å². The molecule has 1 amide bonds. The molecule has 0 bridgehead atoms. The predicted molar refractivity (Wildman–Crippen MR) is 94.5 cm³/mol. The Bertz CT molecular complexity index is 526. The third-order valence-electron chi connectivity index (χ3n) is 2.96. The SMILES string of the molecule is CCC(C)NC(=S)NC(=O)c1ccc(OCCOC)c(Br)c1. The summed E-state index contributed by atoms with van der Waals surface area (Å²) in [6, 6.07) is 5.34. The lowest BCUT2D eigenvalue weighted by Gasteiger charge is -2.15. The number of ether oxygens (including phenoxy) is 2. The van der Waals surface area contributed by atoms with Gasteiger partial charge in [0.2, 0.25) is 0 Å². The van der Waals surface area contributed by atoms with Crippen LogP contribution in [-0.2, 0) is 4.74 Å². The molecule has 0 aliphatic rings. The minimum absolute atomic E-state index is 0.219. The smallest absolute Gasteiger partial charge is 0.257 e. The van der Waals surface area contributed by atoms with Gasteiger partial charge in [0.1, 0.15) is 12.4 Å². The number of hydrogen-bond donors (Lipinski definition) is 2. The summed E-state index contributed by atoms with van der Waals surface area (Å²) >= 11 is 8.50. The fourth-order valence-corrected chi connectivity index (χ4v) is 2.32. The van der Waals surface area contributed by atoms with E-state index in [1.165, 1.54) is 0 Å². The van der Waals surface area contributed by atoms with E-state index in [1.807, 2.05) is 13.8 Å². The Balaban J connectivity index is 2.63. The van der Waals surface area contributed by atoms with Gasteiger partial charge in [-0.25, -0.2) is 0 Å². The molecule has 1 aromatic rings. The Morgan fingerprint density at radius 3 is 2.73 bits per heavy atom. The number of benzene rings is 1. The van der Waals surface area contributed by atoms with Gasteiger partial charge in [0.15, 0.2) is 5.11 Å². The van der Waals surface area contributed by atoms with Crippen molar-refractivity contribution < 1.29 is 14.3 Å². The van der Waals surface area contributed by atoms with Crippen molar-refractivity contribution in [1.29, 1.82) is 0 Å². The van der Waals surface area contributed by atoms with Crippen LogP contribution in [0.15, 0.2) is 22.7 Å². The Hall–Kier alpha value is -1.18. The van der Waals surface area contributed by atoms with Crippen LogP contribution >= 0.6 is 28.1 Å². The summed E-state index contributed by atoms with van der Waals surface area (Å²) in [5, 5.41) is 6.03. The lowest BCUT2D eigenvalue weighted by atomic mass is 10.2. The van der Waals surface area contributed by atoms with Crippen molar-refractivity contribution in [2.45, 2.75) is 26.3 Å². The third kappa shape index (κ3) is 6.29. The fourth-order valence-electron chi connectivity index (χ4n) is 1.53. The van der Waals surface area contributed by atoms with Gasteiger partial charge in [-0.2, -0.15) is 0 Å². The predicted octanol–water partition coefficient (Wildman–Crippen LogP) is 2.88. The third-order valence-corrected chi connectivity index (χ3v) is 3.80. The van der Waals surface area contributed by atoms with Gasteiger partial charge in [0, 0.05) is 18.7 Å². The van der Waals surface area contributed by atoms with Gasteiger partial charge in [-0.1, -0.05) is 6.92 Å². The molecule has 0 aliphatic heterocycles. The van der Waals surface area contributed by atoms with Crippen LogP contribution in [-0.4, -0.2) is 37.4 Å². The van der Waals surface area contributed by atoms with E-state index in [1.54, 1.807) is 25.3 Å². The molecule has 0 saturated carbocycles. The summed E-state index contributed by atoms with van der Waals surface area (Å²) in [4.78, 5) is 12.1. The number of amides is 1. The van der Waals surface area contributed by atoms with Gasteiger partial charge >= 0.3 is 0 Å². The maximum Gasteiger partial charge on any atom is 0.257 e. The van der Waals surface area contributed by atoms with Crippen LogP contribution in [0.5, 0.6) is 5.75 Å². The molecule has 1 aromatic carbocycles. The Morgan fingerprint density at radius 1 is 1.41 bits per heavy atom. The summed E-state index contributed by atoms with van der Waals surface area (Å²) in [5.74, 6) is 0.402. The van der Waals surface area contributed by atoms with E-state index in [0.29, 0.717) is 34.1 Å². The number of hydrogen-bond acceptors (Lipinski definition) is 4. The lowest BCUT2D eigenvalue weighted by molar-refractivity contribution is 0.0976. The van der Waals surface area contributed by atoms with E-state index in [4.69, 9.17) is 21.7 Å². The summed E-state index contributed by atoms with van der Waals surface area (Å²) in [5.41, 5.74) is 0.499. The van der Waals surface area contributed by atoms with Gasteiger partial charge in [0.25, 0.3) is 5.91 Å². The van der Waals surface area contributed by atoms with Gasteiger partial charge in [-0.3, -0.25) is 10.1 Å². The molecule has 2 N–H and O–H groups in total. The maximum absolute atomic E-state index is 12.1. The van der Waals surface area contributed by atoms with Crippen molar-refractivity contribution in [3.63, 3.8) is 0 Å². The number of halogens is 1. The average molecular weight is 389 g/mol. The van der Waals surface area contributed by atoms with E-state index in [9.17, 15) is 4.79 Å². The normalized spacial score (nSPS) is 11.6. The van der Waals surface area contributed by atoms with Crippen molar-refractivity contribution >= 4 is 39.2 Å². The molecule has 1 rings (SSSR count). The number of methoxy groups -OCH3 is 1. The molecule has 7 heteroatoms. The summed E-state index contributed by atoms with van der Waals surface area (Å²) < 4.78 is 11.1. The Kier molecular flexibility index (Phi) is 8.37. The fraction of sp³-hybridized carbons (Fsp3) is 0.467. The van der Waals surface area contributed by atoms with Crippen LogP contribution in [0.4, 0.5) is 0 Å². The van der Waals surface area contributed by atoms with Crippen LogP contribution in [0.3, 0.4) is 0 Å². The van der Waals surface area contributed by atoms with Crippen molar-refractivity contribution in [3.05, 3.63) is 28.2 Å². The summed E-state index contributed by atoms with van der Waals surface area (Å²) in [6.07, 6.45) is 0.926. The molecule has 0 saturated heterocycles. The molecular weight excluding hydrogens is 368 g/mol. The van der Waals surface area contributed by atoms with Gasteiger partial charge < -0.3 is 14.8 Å². The molecule has 1 unspecified atom stereocenters. The minimum Gasteiger partial charge on any atom is -0.490 e. The van der Waals surface area contributed by atoms with E-state index in [2.05, 4.69) is 26.6 Å². The largest absolute Gasteiger partial charge is 0.490 e. The highest BCUT2D eigenvalue weighted by Crippen LogP contribution is 2.26. The first-order valence-electron chi connectivity index (χ1n) is 7.01. The van der Waals surface area contributed by atoms with E-state index in [0.717, 1.165) is 6.42 Å². The molecule has 0 spiro atoms. The van der Waals surface area contributed by atoms with Crippen LogP contribution in [0.1, 0.15) is 30.6 Å². The van der Waals surface area contributed by atoms with E-state index in [-0.39, 0.29) is 11.9 Å². The minimum atomic E-state index is -0.259. The Labute approximate surface area is 144 Å². The molecular formula is C15H21BrN2O3S. The second kappa shape index (κ2) is 9.76. The quantitative estimate of drug-likeness (QED) is 0.555. The van der Waals surface area contributed by atoms with Gasteiger partial charge in [-0.05, 0) is 59.7 Å². The molecule has 0 heterocycles. The van der Waals surface area contributed by atoms with Gasteiger partial charge in [-0.15, -0.1) is 0 Å². The molecule has 122 valence electrons. The van der Waals surface area contributed by atoms with Crippen molar-refractivity contribution in [3.8, 4) is 5.75 Å². The lowest BCUT2D eigenvalue weighted by Crippen LogP contribution is -2.43. The second-order valence-electron chi connectivity index (χ2n) is 4.72. The maximum atomic E-state index is 12.1. The highest BCUT2D eigenvalue weighted by atomic mass is 79.9.